The van der Waals surface area contributed by atoms with Crippen LogP contribution in [0.15, 0.2) is 18.3 Å². The Bertz CT molecular complexity index is 555. The zero-order valence-electron chi connectivity index (χ0n) is 14.1. The number of nitrogens with one attached hydrogen (secondary N) is 2. The van der Waals surface area contributed by atoms with Gasteiger partial charge < -0.3 is 20.5 Å². The number of carbonyl (C=O) groups excluding carboxylic acids is 2. The van der Waals surface area contributed by atoms with Gasteiger partial charge in [-0.2, -0.15) is 0 Å². The van der Waals surface area contributed by atoms with Crippen LogP contribution in [-0.4, -0.2) is 41.7 Å². The maximum Gasteiger partial charge on any atom is 0.220 e. The number of methoxy groups -OCH3 is 1. The van der Waals surface area contributed by atoms with E-state index < -0.39 is 0 Å². The maximum atomic E-state index is 12.2. The second-order valence-corrected chi connectivity index (χ2v) is 6.15. The van der Waals surface area contributed by atoms with Crippen LogP contribution in [0.3, 0.4) is 0 Å². The molecule has 1 atom stereocenters. The molecule has 0 saturated heterocycles. The number of carbonyl (C=O) groups is 2. The summed E-state index contributed by atoms with van der Waals surface area (Å²) in [4.78, 5) is 27.2. The van der Waals surface area contributed by atoms with Crippen LogP contribution in [0.25, 0.3) is 0 Å². The number of aromatic nitrogens is 1. The number of nitrogens with zero attached hydrogens (tertiary/aromatic N) is 1. The molecule has 24 heavy (non-hydrogen) atoms. The van der Waals surface area contributed by atoms with Crippen molar-refractivity contribution in [3.63, 3.8) is 0 Å². The molecular formula is C17H25N3O4. The highest BCUT2D eigenvalue weighted by atomic mass is 16.5. The average Bonchev–Trinajstić information content (AvgIpc) is 2.54. The summed E-state index contributed by atoms with van der Waals surface area (Å²) in [5.41, 5.74) is 0.905. The average molecular weight is 335 g/mol. The van der Waals surface area contributed by atoms with Gasteiger partial charge in [-0.05, 0) is 30.7 Å². The molecule has 0 spiro atoms. The molecule has 2 rings (SSSR count). The van der Waals surface area contributed by atoms with E-state index in [0.29, 0.717) is 38.1 Å². The molecule has 2 amide bonds. The third-order valence-electron chi connectivity index (χ3n) is 4.22. The maximum absolute atomic E-state index is 12.2. The number of pyridine rings is 1. The van der Waals surface area contributed by atoms with Gasteiger partial charge in [-0.3, -0.25) is 9.59 Å². The number of hydrogen-bond donors (Lipinski definition) is 3. The summed E-state index contributed by atoms with van der Waals surface area (Å²) in [5.74, 6) is 0.561. The summed E-state index contributed by atoms with van der Waals surface area (Å²) in [5, 5.41) is 15.3. The van der Waals surface area contributed by atoms with Crippen molar-refractivity contribution in [2.24, 2.45) is 5.92 Å². The van der Waals surface area contributed by atoms with Crippen molar-refractivity contribution in [1.29, 1.82) is 0 Å². The van der Waals surface area contributed by atoms with Crippen molar-refractivity contribution in [2.45, 2.75) is 44.8 Å². The highest BCUT2D eigenvalue weighted by molar-refractivity contribution is 5.76. The van der Waals surface area contributed by atoms with E-state index in [1.165, 1.54) is 6.92 Å². The fourth-order valence-electron chi connectivity index (χ4n) is 2.83. The third-order valence-corrected chi connectivity index (χ3v) is 4.22. The van der Waals surface area contributed by atoms with Crippen LogP contribution in [0.5, 0.6) is 5.88 Å². The minimum absolute atomic E-state index is 0.0671. The van der Waals surface area contributed by atoms with E-state index >= 15 is 0 Å². The highest BCUT2D eigenvalue weighted by Crippen LogP contribution is 2.38. The summed E-state index contributed by atoms with van der Waals surface area (Å²) in [6, 6.07) is 3.49. The van der Waals surface area contributed by atoms with Crippen LogP contribution in [-0.2, 0) is 9.59 Å². The Morgan fingerprint density at radius 2 is 2.17 bits per heavy atom. The topological polar surface area (TPSA) is 101 Å². The van der Waals surface area contributed by atoms with Gasteiger partial charge >= 0.3 is 0 Å². The Hall–Kier alpha value is -2.15. The normalized spacial score (nSPS) is 20.6. The number of amides is 2. The van der Waals surface area contributed by atoms with E-state index in [4.69, 9.17) is 4.74 Å². The van der Waals surface area contributed by atoms with E-state index in [1.807, 2.05) is 6.07 Å². The van der Waals surface area contributed by atoms with Gasteiger partial charge in [-0.25, -0.2) is 4.98 Å². The van der Waals surface area contributed by atoms with Crippen molar-refractivity contribution in [1.82, 2.24) is 15.6 Å². The first-order valence-corrected chi connectivity index (χ1v) is 8.21. The van der Waals surface area contributed by atoms with Gasteiger partial charge in [0.15, 0.2) is 0 Å². The molecule has 1 fully saturated rings. The zero-order chi connectivity index (χ0) is 17.5. The van der Waals surface area contributed by atoms with E-state index in [2.05, 4.69) is 15.6 Å². The van der Waals surface area contributed by atoms with Gasteiger partial charge in [0.05, 0.1) is 19.3 Å². The fraction of sp³-hybridized carbons (Fsp3) is 0.588. The Morgan fingerprint density at radius 1 is 1.42 bits per heavy atom. The van der Waals surface area contributed by atoms with Gasteiger partial charge in [0.2, 0.25) is 17.7 Å². The molecule has 7 heteroatoms. The number of hydrogen-bond acceptors (Lipinski definition) is 5. The predicted octanol–water partition coefficient (Wildman–Crippen LogP) is 0.935. The lowest BCUT2D eigenvalue weighted by atomic mass is 9.75. The number of aliphatic hydroxyl groups excluding tert-OH is 1. The standard InChI is InChI=1S/C17H25N3O4/c1-11(21)18-7-3-4-15(23)20-17(13-8-14(22)9-13)12-5-6-16(24-2)19-10-12/h5-6,10,13-14,17,22H,3-4,7-9H2,1-2H3,(H,18,21)(H,20,23)/t13?,14?,17-/m1/s1. The lowest BCUT2D eigenvalue weighted by Crippen LogP contribution is -2.41. The second kappa shape index (κ2) is 8.63. The van der Waals surface area contributed by atoms with Crippen LogP contribution in [0.1, 0.15) is 44.2 Å². The van der Waals surface area contributed by atoms with Gasteiger partial charge in [-0.1, -0.05) is 6.07 Å². The molecule has 132 valence electrons. The molecule has 3 N–H and O–H groups in total. The highest BCUT2D eigenvalue weighted by Gasteiger charge is 2.35. The first-order chi connectivity index (χ1) is 11.5. The molecule has 1 aromatic heterocycles. The Kier molecular flexibility index (Phi) is 6.54. The van der Waals surface area contributed by atoms with Gasteiger partial charge in [0, 0.05) is 32.2 Å². The Labute approximate surface area is 141 Å². The molecule has 1 saturated carbocycles. The molecule has 0 aliphatic heterocycles. The van der Waals surface area contributed by atoms with Gasteiger partial charge in [-0.15, -0.1) is 0 Å². The lowest BCUT2D eigenvalue weighted by molar-refractivity contribution is -0.123. The van der Waals surface area contributed by atoms with Crippen molar-refractivity contribution in [2.75, 3.05) is 13.7 Å². The molecule has 0 aromatic carbocycles. The Balaban J connectivity index is 1.93. The molecule has 1 heterocycles. The van der Waals surface area contributed by atoms with E-state index in [0.717, 1.165) is 5.56 Å². The molecule has 0 unspecified atom stereocenters. The molecule has 1 aromatic rings. The zero-order valence-corrected chi connectivity index (χ0v) is 14.1. The first-order valence-electron chi connectivity index (χ1n) is 8.21. The summed E-state index contributed by atoms with van der Waals surface area (Å²) in [6.07, 6.45) is 3.68. The lowest BCUT2D eigenvalue weighted by Gasteiger charge is -2.38. The largest absolute Gasteiger partial charge is 0.481 e. The van der Waals surface area contributed by atoms with Crippen LogP contribution < -0.4 is 15.4 Å². The van der Waals surface area contributed by atoms with Crippen molar-refractivity contribution in [3.8, 4) is 5.88 Å². The van der Waals surface area contributed by atoms with E-state index in [1.54, 1.807) is 19.4 Å². The SMILES string of the molecule is COc1ccc([C@@H](NC(=O)CCCNC(C)=O)C2CC(O)C2)cn1. The van der Waals surface area contributed by atoms with Crippen LogP contribution in [0.4, 0.5) is 0 Å². The molecule has 0 bridgehead atoms. The van der Waals surface area contributed by atoms with Gasteiger partial charge in [0.1, 0.15) is 0 Å². The predicted molar refractivity (Wildman–Crippen MR) is 88.3 cm³/mol. The minimum atomic E-state index is -0.291. The molecular weight excluding hydrogens is 310 g/mol. The number of aliphatic hydroxyl groups is 1. The Morgan fingerprint density at radius 3 is 2.71 bits per heavy atom. The first kappa shape index (κ1) is 18.2. The smallest absolute Gasteiger partial charge is 0.220 e. The molecule has 0 radical (unpaired) electrons. The van der Waals surface area contributed by atoms with E-state index in [-0.39, 0.29) is 29.9 Å². The van der Waals surface area contributed by atoms with Crippen molar-refractivity contribution >= 4 is 11.8 Å². The van der Waals surface area contributed by atoms with Crippen LogP contribution in [0, 0.1) is 5.92 Å². The number of ether oxygens (including phenoxy) is 1. The second-order valence-electron chi connectivity index (χ2n) is 6.15. The summed E-state index contributed by atoms with van der Waals surface area (Å²) in [6.45, 7) is 1.94. The summed E-state index contributed by atoms with van der Waals surface area (Å²) in [7, 11) is 1.55. The minimum Gasteiger partial charge on any atom is -0.481 e. The van der Waals surface area contributed by atoms with Gasteiger partial charge in [0.25, 0.3) is 0 Å². The van der Waals surface area contributed by atoms with Crippen molar-refractivity contribution < 1.29 is 19.4 Å². The number of rotatable bonds is 8. The van der Waals surface area contributed by atoms with Crippen LogP contribution >= 0.6 is 0 Å². The molecule has 7 nitrogen and oxygen atoms in total. The molecule has 1 aliphatic carbocycles. The van der Waals surface area contributed by atoms with Crippen molar-refractivity contribution in [3.05, 3.63) is 23.9 Å². The summed E-state index contributed by atoms with van der Waals surface area (Å²) >= 11 is 0. The quantitative estimate of drug-likeness (QED) is 0.614. The monoisotopic (exact) mass is 335 g/mol. The fourth-order valence-corrected chi connectivity index (χ4v) is 2.83. The third kappa shape index (κ3) is 5.19. The van der Waals surface area contributed by atoms with Crippen LogP contribution in [0.2, 0.25) is 0 Å². The summed E-state index contributed by atoms with van der Waals surface area (Å²) < 4.78 is 5.06. The van der Waals surface area contributed by atoms with E-state index in [9.17, 15) is 14.7 Å². The molecule has 1 aliphatic rings.